The number of para-hydroxylation sites is 2. The van der Waals surface area contributed by atoms with E-state index in [-0.39, 0.29) is 29.3 Å². The first-order valence-electron chi connectivity index (χ1n) is 11.1. The number of nitrogens with zero attached hydrogens (tertiary/aromatic N) is 2. The van der Waals surface area contributed by atoms with Gasteiger partial charge in [-0.25, -0.2) is 13.2 Å². The van der Waals surface area contributed by atoms with Gasteiger partial charge < -0.3 is 14.5 Å². The molecule has 0 fully saturated rings. The molecule has 0 bridgehead atoms. The molecule has 1 amide bonds. The quantitative estimate of drug-likeness (QED) is 0.442. The number of sulfonamides is 1. The minimum Gasteiger partial charge on any atom is -0.476 e. The van der Waals surface area contributed by atoms with Gasteiger partial charge in [-0.1, -0.05) is 42.5 Å². The van der Waals surface area contributed by atoms with Crippen molar-refractivity contribution in [3.05, 3.63) is 88.9 Å². The van der Waals surface area contributed by atoms with E-state index in [2.05, 4.69) is 5.32 Å². The summed E-state index contributed by atoms with van der Waals surface area (Å²) in [7, 11) is -4.11. The number of aromatic nitrogens is 1. The van der Waals surface area contributed by atoms with E-state index in [4.69, 9.17) is 9.15 Å². The number of carbonyl (C=O) groups is 1. The van der Waals surface area contributed by atoms with Gasteiger partial charge in [0.25, 0.3) is 15.9 Å². The number of benzene rings is 3. The average molecular weight is 494 g/mol. The molecule has 3 aromatic carbocycles. The molecule has 2 heterocycles. The van der Waals surface area contributed by atoms with E-state index in [0.717, 1.165) is 9.87 Å². The summed E-state index contributed by atoms with van der Waals surface area (Å²) >= 11 is 0. The molecule has 1 aliphatic heterocycles. The maximum atomic E-state index is 13.7. The second-order valence-electron chi connectivity index (χ2n) is 8.06. The fourth-order valence-corrected chi connectivity index (χ4v) is 5.59. The van der Waals surface area contributed by atoms with Crippen molar-refractivity contribution in [2.24, 2.45) is 0 Å². The lowest BCUT2D eigenvalue weighted by molar-refractivity contribution is -0.127. The second kappa shape index (κ2) is 8.95. The number of hydrogen-bond acceptors (Lipinski definition) is 6. The number of oxazole rings is 1. The van der Waals surface area contributed by atoms with Crippen molar-refractivity contribution < 1.29 is 22.4 Å². The van der Waals surface area contributed by atoms with Crippen LogP contribution < -0.4 is 20.1 Å². The van der Waals surface area contributed by atoms with Crippen molar-refractivity contribution in [3.8, 4) is 5.75 Å². The third kappa shape index (κ3) is 4.17. The number of ether oxygens (including phenoxy) is 1. The van der Waals surface area contributed by atoms with Crippen LogP contribution in [0.4, 0.5) is 5.69 Å². The number of fused-ring (bicyclic) bond motifs is 2. The van der Waals surface area contributed by atoms with E-state index in [0.29, 0.717) is 17.7 Å². The van der Waals surface area contributed by atoms with Gasteiger partial charge >= 0.3 is 5.76 Å². The first kappa shape index (κ1) is 22.7. The molecular formula is C25H23N3O6S. The number of aryl methyl sites for hydroxylation is 1. The summed E-state index contributed by atoms with van der Waals surface area (Å²) in [6.07, 6.45) is -1.05. The number of rotatable bonds is 6. The molecule has 1 unspecified atom stereocenters. The van der Waals surface area contributed by atoms with E-state index in [1.807, 2.05) is 30.3 Å². The predicted octanol–water partition coefficient (Wildman–Crippen LogP) is 2.89. The van der Waals surface area contributed by atoms with Crippen LogP contribution in [-0.4, -0.2) is 31.5 Å². The highest BCUT2D eigenvalue weighted by Gasteiger charge is 2.37. The number of carbonyl (C=O) groups excluding carboxylic acids is 1. The average Bonchev–Trinajstić information content (AvgIpc) is 3.21. The Morgan fingerprint density at radius 3 is 2.57 bits per heavy atom. The van der Waals surface area contributed by atoms with Crippen molar-refractivity contribution >= 4 is 32.7 Å². The third-order valence-corrected chi connectivity index (χ3v) is 7.66. The van der Waals surface area contributed by atoms with Gasteiger partial charge in [-0.05, 0) is 36.8 Å². The highest BCUT2D eigenvalue weighted by molar-refractivity contribution is 7.92. The maximum Gasteiger partial charge on any atom is 0.419 e. The highest BCUT2D eigenvalue weighted by atomic mass is 32.2. The van der Waals surface area contributed by atoms with Crippen LogP contribution in [0.3, 0.4) is 0 Å². The van der Waals surface area contributed by atoms with Crippen molar-refractivity contribution in [1.82, 2.24) is 9.88 Å². The zero-order chi connectivity index (χ0) is 24.6. The lowest BCUT2D eigenvalue weighted by Crippen LogP contribution is -2.50. The molecule has 0 saturated carbocycles. The van der Waals surface area contributed by atoms with Crippen LogP contribution in [0.15, 0.2) is 86.9 Å². The second-order valence-corrected chi connectivity index (χ2v) is 9.92. The first-order valence-corrected chi connectivity index (χ1v) is 12.6. The standard InChI is InChI=1S/C25H23N3O6S/c1-2-27-19-13-12-18(14-22(19)34-25(27)30)35(31,32)28-16-23(33-21-11-7-6-10-20(21)28)24(29)26-15-17-8-4-3-5-9-17/h3-14,23H,2,15-16H2,1H3,(H,26,29). The van der Waals surface area contributed by atoms with Crippen LogP contribution in [0, 0.1) is 0 Å². The lowest BCUT2D eigenvalue weighted by atomic mass is 10.2. The molecule has 0 radical (unpaired) electrons. The number of hydrogen-bond donors (Lipinski definition) is 1. The molecule has 4 aromatic rings. The van der Waals surface area contributed by atoms with Crippen LogP contribution in [0.2, 0.25) is 0 Å². The topological polar surface area (TPSA) is 111 Å². The van der Waals surface area contributed by atoms with Gasteiger partial charge in [0.1, 0.15) is 5.75 Å². The zero-order valence-corrected chi connectivity index (χ0v) is 19.7. The summed E-state index contributed by atoms with van der Waals surface area (Å²) in [4.78, 5) is 24.9. The van der Waals surface area contributed by atoms with Crippen molar-refractivity contribution in [1.29, 1.82) is 0 Å². The molecule has 1 aromatic heterocycles. The molecule has 1 atom stereocenters. The number of amides is 1. The van der Waals surface area contributed by atoms with Crippen molar-refractivity contribution in [2.75, 3.05) is 10.8 Å². The van der Waals surface area contributed by atoms with Crippen LogP contribution >= 0.6 is 0 Å². The van der Waals surface area contributed by atoms with Crippen LogP contribution in [0.25, 0.3) is 11.1 Å². The molecule has 1 N–H and O–H groups in total. The fraction of sp³-hybridized carbons (Fsp3) is 0.200. The van der Waals surface area contributed by atoms with Gasteiger partial charge in [-0.15, -0.1) is 0 Å². The maximum absolute atomic E-state index is 13.7. The minimum atomic E-state index is -4.11. The summed E-state index contributed by atoms with van der Waals surface area (Å²) in [5, 5.41) is 2.81. The number of anilines is 1. The van der Waals surface area contributed by atoms with Gasteiger partial charge in [-0.3, -0.25) is 13.7 Å². The van der Waals surface area contributed by atoms with E-state index in [1.165, 1.54) is 16.7 Å². The largest absolute Gasteiger partial charge is 0.476 e. The summed E-state index contributed by atoms with van der Waals surface area (Å²) < 4.78 is 41.1. The van der Waals surface area contributed by atoms with E-state index in [9.17, 15) is 18.0 Å². The van der Waals surface area contributed by atoms with Gasteiger partial charge in [0, 0.05) is 19.2 Å². The Morgan fingerprint density at radius 1 is 1.06 bits per heavy atom. The molecule has 0 aliphatic carbocycles. The molecule has 5 rings (SSSR count). The van der Waals surface area contributed by atoms with Gasteiger partial charge in [0.2, 0.25) is 0 Å². The molecular weight excluding hydrogens is 470 g/mol. The van der Waals surface area contributed by atoms with Crippen LogP contribution in [0.1, 0.15) is 12.5 Å². The lowest BCUT2D eigenvalue weighted by Gasteiger charge is -2.34. The van der Waals surface area contributed by atoms with Crippen LogP contribution in [-0.2, 0) is 27.9 Å². The summed E-state index contributed by atoms with van der Waals surface area (Å²) in [5.41, 5.74) is 1.93. The summed E-state index contributed by atoms with van der Waals surface area (Å²) in [5.74, 6) is -0.694. The SMILES string of the molecule is CCn1c(=O)oc2cc(S(=O)(=O)N3CC(C(=O)NCc4ccccc4)Oc4ccccc43)ccc21. The Balaban J connectivity index is 1.47. The molecule has 9 nitrogen and oxygen atoms in total. The zero-order valence-electron chi connectivity index (χ0n) is 18.9. The van der Waals surface area contributed by atoms with E-state index < -0.39 is 27.8 Å². The third-order valence-electron chi connectivity index (χ3n) is 5.88. The van der Waals surface area contributed by atoms with E-state index in [1.54, 1.807) is 37.3 Å². The Kier molecular flexibility index (Phi) is 5.81. The molecule has 180 valence electrons. The van der Waals surface area contributed by atoms with Crippen molar-refractivity contribution in [2.45, 2.75) is 31.0 Å². The van der Waals surface area contributed by atoms with Crippen molar-refractivity contribution in [3.63, 3.8) is 0 Å². The summed E-state index contributed by atoms with van der Waals surface area (Å²) in [6, 6.07) is 20.4. The molecule has 35 heavy (non-hydrogen) atoms. The van der Waals surface area contributed by atoms with Gasteiger partial charge in [0.15, 0.2) is 11.7 Å². The highest BCUT2D eigenvalue weighted by Crippen LogP contribution is 2.37. The normalized spacial score (nSPS) is 15.5. The number of nitrogens with one attached hydrogen (secondary N) is 1. The monoisotopic (exact) mass is 493 g/mol. The fourth-order valence-electron chi connectivity index (χ4n) is 4.10. The summed E-state index contributed by atoms with van der Waals surface area (Å²) in [6.45, 7) is 2.28. The smallest absolute Gasteiger partial charge is 0.419 e. The molecule has 0 saturated heterocycles. The molecule has 10 heteroatoms. The molecule has 1 aliphatic rings. The predicted molar refractivity (Wildman–Crippen MR) is 130 cm³/mol. The molecule has 0 spiro atoms. The Morgan fingerprint density at radius 2 is 1.80 bits per heavy atom. The Labute approximate surface area is 201 Å². The first-order chi connectivity index (χ1) is 16.9. The van der Waals surface area contributed by atoms with E-state index >= 15 is 0 Å². The van der Waals surface area contributed by atoms with Crippen LogP contribution in [0.5, 0.6) is 5.75 Å². The van der Waals surface area contributed by atoms with Gasteiger partial charge in [0.05, 0.1) is 22.6 Å². The Hall–Kier alpha value is -4.05. The van der Waals surface area contributed by atoms with Gasteiger partial charge in [-0.2, -0.15) is 0 Å². The Bertz CT molecular complexity index is 1560. The minimum absolute atomic E-state index is 0.0536.